The number of carbonyl (C=O) groups excluding carboxylic acids is 3. The normalized spacial score (nSPS) is 18.2. The van der Waals surface area contributed by atoms with Crippen molar-refractivity contribution in [2.24, 2.45) is 0 Å². The first-order valence-corrected chi connectivity index (χ1v) is 12.1. The van der Waals surface area contributed by atoms with E-state index in [1.165, 1.54) is 16.3 Å². The number of carboxylic acids is 1. The number of amides is 4. The van der Waals surface area contributed by atoms with Crippen LogP contribution in [0.4, 0.5) is 9.93 Å². The van der Waals surface area contributed by atoms with Crippen molar-refractivity contribution in [1.29, 1.82) is 0 Å². The lowest BCUT2D eigenvalue weighted by molar-refractivity contribution is -0.134. The zero-order valence-corrected chi connectivity index (χ0v) is 20.2. The third-order valence-corrected chi connectivity index (χ3v) is 6.72. The fourth-order valence-electron chi connectivity index (χ4n) is 4.12. The van der Waals surface area contributed by atoms with Gasteiger partial charge in [-0.05, 0) is 25.0 Å². The zero-order chi connectivity index (χ0) is 26.0. The van der Waals surface area contributed by atoms with Crippen molar-refractivity contribution < 1.29 is 34.0 Å². The van der Waals surface area contributed by atoms with Gasteiger partial charge in [-0.1, -0.05) is 12.1 Å². The average Bonchev–Trinajstić information content (AvgIpc) is 3.27. The Hall–Kier alpha value is -3.85. The molecule has 0 spiro atoms. The molecule has 2 aliphatic heterocycles. The Balaban J connectivity index is 1.50. The molecule has 0 bridgehead atoms. The van der Waals surface area contributed by atoms with Crippen LogP contribution in [-0.4, -0.2) is 88.0 Å². The first-order chi connectivity index (χ1) is 17.2. The van der Waals surface area contributed by atoms with Gasteiger partial charge in [0, 0.05) is 25.0 Å². The van der Waals surface area contributed by atoms with Crippen LogP contribution < -0.4 is 21.0 Å². The number of nitrogens with one attached hydrogen (secondary N) is 2. The summed E-state index contributed by atoms with van der Waals surface area (Å²) >= 11 is 1.09. The maximum absolute atomic E-state index is 13.3. The van der Waals surface area contributed by atoms with E-state index in [1.807, 2.05) is 6.92 Å². The first kappa shape index (κ1) is 25.3. The number of piperazine rings is 1. The van der Waals surface area contributed by atoms with E-state index in [1.54, 1.807) is 17.0 Å². The first-order valence-electron chi connectivity index (χ1n) is 11.2. The molecule has 2 atom stereocenters. The van der Waals surface area contributed by atoms with Gasteiger partial charge in [-0.3, -0.25) is 9.59 Å². The van der Waals surface area contributed by atoms with Crippen molar-refractivity contribution in [2.75, 3.05) is 31.9 Å². The summed E-state index contributed by atoms with van der Waals surface area (Å²) in [7, 11) is -1.53. The number of nitrogens with zero attached hydrogens (tertiary/aromatic N) is 3. The quantitative estimate of drug-likeness (QED) is 0.315. The Morgan fingerprint density at radius 2 is 2.14 bits per heavy atom. The Labute approximate surface area is 210 Å². The van der Waals surface area contributed by atoms with E-state index >= 15 is 0 Å². The number of rotatable bonds is 6. The SMILES string of the molecule is CCN1CCN(C(=O)NC(C(=O)N[C@H]2Cc3cccc(C(=O)O)c3OB2O)c2csc(N)n2)CC1=O. The molecule has 36 heavy (non-hydrogen) atoms. The fourth-order valence-corrected chi connectivity index (χ4v) is 4.71. The highest BCUT2D eigenvalue weighted by atomic mass is 32.1. The van der Waals surface area contributed by atoms with Crippen LogP contribution in [-0.2, 0) is 16.0 Å². The number of benzene rings is 1. The smallest absolute Gasteiger partial charge is 0.534 e. The lowest BCUT2D eigenvalue weighted by atomic mass is 9.72. The fraction of sp³-hybridized carbons (Fsp3) is 0.381. The minimum Gasteiger partial charge on any atom is -0.534 e. The Morgan fingerprint density at radius 1 is 1.36 bits per heavy atom. The van der Waals surface area contributed by atoms with E-state index in [-0.39, 0.29) is 41.0 Å². The maximum Gasteiger partial charge on any atom is 0.547 e. The molecular weight excluding hydrogens is 491 g/mol. The summed E-state index contributed by atoms with van der Waals surface area (Å²) in [4.78, 5) is 57.0. The summed E-state index contributed by atoms with van der Waals surface area (Å²) in [5, 5.41) is 26.8. The van der Waals surface area contributed by atoms with Crippen LogP contribution in [0, 0.1) is 0 Å². The molecule has 3 heterocycles. The molecular formula is C21H25BN6O7S. The summed E-state index contributed by atoms with van der Waals surface area (Å²) in [6.45, 7) is 2.96. The second-order valence-corrected chi connectivity index (χ2v) is 9.20. The van der Waals surface area contributed by atoms with Crippen LogP contribution in [0.5, 0.6) is 5.75 Å². The summed E-state index contributed by atoms with van der Waals surface area (Å²) < 4.78 is 5.42. The van der Waals surface area contributed by atoms with Gasteiger partial charge in [0.15, 0.2) is 11.2 Å². The molecule has 0 saturated carbocycles. The van der Waals surface area contributed by atoms with E-state index in [0.717, 1.165) is 11.3 Å². The molecule has 6 N–H and O–H groups in total. The molecule has 2 aliphatic rings. The summed E-state index contributed by atoms with van der Waals surface area (Å²) in [5.74, 6) is -2.98. The number of aromatic carboxylic acids is 1. The number of anilines is 1. The monoisotopic (exact) mass is 516 g/mol. The minimum atomic E-state index is -1.53. The van der Waals surface area contributed by atoms with Gasteiger partial charge in [0.1, 0.15) is 12.3 Å². The molecule has 13 nitrogen and oxygen atoms in total. The van der Waals surface area contributed by atoms with Crippen LogP contribution in [0.3, 0.4) is 0 Å². The Bertz CT molecular complexity index is 1190. The molecule has 4 amide bonds. The van der Waals surface area contributed by atoms with E-state index in [4.69, 9.17) is 10.4 Å². The van der Waals surface area contributed by atoms with Crippen molar-refractivity contribution >= 4 is 47.4 Å². The highest BCUT2D eigenvalue weighted by molar-refractivity contribution is 7.13. The highest BCUT2D eigenvalue weighted by Gasteiger charge is 2.40. The number of para-hydroxylation sites is 1. The highest BCUT2D eigenvalue weighted by Crippen LogP contribution is 2.30. The summed E-state index contributed by atoms with van der Waals surface area (Å²) in [6.07, 6.45) is 0.0940. The molecule has 15 heteroatoms. The van der Waals surface area contributed by atoms with E-state index in [0.29, 0.717) is 25.2 Å². The molecule has 1 aromatic carbocycles. The summed E-state index contributed by atoms with van der Waals surface area (Å²) in [6, 6.07) is 2.66. The number of hydrogen-bond acceptors (Lipinski definition) is 9. The second kappa shape index (κ2) is 10.4. The maximum atomic E-state index is 13.3. The predicted octanol–water partition coefficient (Wildman–Crippen LogP) is -0.522. The van der Waals surface area contributed by atoms with Crippen LogP contribution in [0.1, 0.15) is 34.6 Å². The summed E-state index contributed by atoms with van der Waals surface area (Å²) in [5.41, 5.74) is 6.32. The third-order valence-electron chi connectivity index (χ3n) is 6.03. The lowest BCUT2D eigenvalue weighted by Crippen LogP contribution is -2.58. The number of urea groups is 1. The molecule has 190 valence electrons. The van der Waals surface area contributed by atoms with Crippen molar-refractivity contribution in [2.45, 2.75) is 25.3 Å². The molecule has 2 aromatic rings. The molecule has 0 aliphatic carbocycles. The molecule has 1 unspecified atom stereocenters. The van der Waals surface area contributed by atoms with E-state index in [9.17, 15) is 29.3 Å². The molecule has 1 aromatic heterocycles. The topological polar surface area (TPSA) is 187 Å². The standard InChI is InChI=1S/C21H25BN6O7S/c1-2-27-6-7-28(9-15(27)29)21(33)26-16(13-10-36-20(23)24-13)18(30)25-14-8-11-4-3-5-12(19(31)32)17(11)35-22(14)34/h3-5,10,14,16,34H,2,6-9H2,1H3,(H2,23,24)(H,25,30)(H,26,33)(H,31,32)/t14-,16?/m0/s1. The van der Waals surface area contributed by atoms with Crippen molar-refractivity contribution in [3.05, 3.63) is 40.4 Å². The van der Waals surface area contributed by atoms with Gasteiger partial charge in [-0.25, -0.2) is 14.6 Å². The van der Waals surface area contributed by atoms with Crippen LogP contribution in [0.2, 0.25) is 0 Å². The van der Waals surface area contributed by atoms with E-state index in [2.05, 4.69) is 15.6 Å². The third kappa shape index (κ3) is 5.21. The van der Waals surface area contributed by atoms with Gasteiger partial charge in [0.2, 0.25) is 11.8 Å². The number of hydrogen-bond donors (Lipinski definition) is 5. The van der Waals surface area contributed by atoms with Crippen molar-refractivity contribution in [3.8, 4) is 5.75 Å². The minimum absolute atomic E-state index is 0.0380. The number of carboxylic acid groups (broad SMARTS) is 1. The van der Waals surface area contributed by atoms with Gasteiger partial charge in [-0.15, -0.1) is 11.3 Å². The van der Waals surface area contributed by atoms with Gasteiger partial charge in [-0.2, -0.15) is 0 Å². The van der Waals surface area contributed by atoms with Crippen LogP contribution in [0.25, 0.3) is 0 Å². The second-order valence-electron chi connectivity index (χ2n) is 8.31. The number of thiazole rings is 1. The Morgan fingerprint density at radius 3 is 2.78 bits per heavy atom. The number of fused-ring (bicyclic) bond motifs is 1. The Kier molecular flexibility index (Phi) is 7.31. The lowest BCUT2D eigenvalue weighted by Gasteiger charge is -2.34. The average molecular weight is 516 g/mol. The number of likely N-dealkylation sites (N-methyl/N-ethyl adjacent to an activating group) is 1. The number of nitrogens with two attached hydrogens (primary N) is 1. The molecule has 4 rings (SSSR count). The number of aromatic nitrogens is 1. The van der Waals surface area contributed by atoms with Crippen LogP contribution in [0.15, 0.2) is 23.6 Å². The largest absolute Gasteiger partial charge is 0.547 e. The molecule has 0 radical (unpaired) electrons. The van der Waals surface area contributed by atoms with Gasteiger partial charge < -0.3 is 41.0 Å². The van der Waals surface area contributed by atoms with Gasteiger partial charge in [0.05, 0.1) is 17.2 Å². The number of carbonyl (C=O) groups is 4. The number of nitrogen functional groups attached to an aromatic ring is 1. The van der Waals surface area contributed by atoms with Crippen molar-refractivity contribution in [1.82, 2.24) is 25.4 Å². The van der Waals surface area contributed by atoms with E-state index < -0.39 is 37.0 Å². The predicted molar refractivity (Wildman–Crippen MR) is 129 cm³/mol. The van der Waals surface area contributed by atoms with Crippen molar-refractivity contribution in [3.63, 3.8) is 0 Å². The molecule has 1 saturated heterocycles. The van der Waals surface area contributed by atoms with Gasteiger partial charge >= 0.3 is 19.1 Å². The van der Waals surface area contributed by atoms with Crippen LogP contribution >= 0.6 is 11.3 Å². The van der Waals surface area contributed by atoms with Gasteiger partial charge in [0.25, 0.3) is 0 Å². The molecule has 1 fully saturated rings. The zero-order valence-electron chi connectivity index (χ0n) is 19.3.